The summed E-state index contributed by atoms with van der Waals surface area (Å²) in [6.45, 7) is 19.9. The number of anilines is 1. The molecule has 0 aromatic heterocycles. The number of piperidine rings is 1. The molecule has 1 saturated heterocycles. The van der Waals surface area contributed by atoms with E-state index in [0.717, 1.165) is 55.7 Å². The smallest absolute Gasteiger partial charge is 0.173 e. The first-order valence-corrected chi connectivity index (χ1v) is 13.5. The Morgan fingerprint density at radius 2 is 1.62 bits per heavy atom. The molecule has 0 bridgehead atoms. The first-order valence-electron chi connectivity index (χ1n) is 13.5. The van der Waals surface area contributed by atoms with Crippen LogP contribution in [0.25, 0.3) is 11.1 Å². The van der Waals surface area contributed by atoms with Gasteiger partial charge in [-0.05, 0) is 99.4 Å². The van der Waals surface area contributed by atoms with Crippen molar-refractivity contribution in [3.63, 3.8) is 0 Å². The molecule has 0 radical (unpaired) electrons. The van der Waals surface area contributed by atoms with Crippen LogP contribution in [0.3, 0.4) is 0 Å². The van der Waals surface area contributed by atoms with Crippen molar-refractivity contribution >= 4 is 24.0 Å². The zero-order valence-corrected chi connectivity index (χ0v) is 24.8. The fraction of sp³-hybridized carbons (Fsp3) is 0.469. The number of aryl methyl sites for hydroxylation is 2. The van der Waals surface area contributed by atoms with Gasteiger partial charge in [0.2, 0.25) is 0 Å². The summed E-state index contributed by atoms with van der Waals surface area (Å²) in [6.07, 6.45) is 3.01. The molecule has 1 aliphatic heterocycles. The predicted octanol–water partition coefficient (Wildman–Crippen LogP) is 5.98. The quantitative estimate of drug-likeness (QED) is 0.295. The first-order chi connectivity index (χ1) is 18.6. The zero-order valence-electron chi connectivity index (χ0n) is 24.8. The van der Waals surface area contributed by atoms with E-state index in [0.29, 0.717) is 12.5 Å². The molecule has 3 rings (SSSR count). The number of ketones is 1. The summed E-state index contributed by atoms with van der Waals surface area (Å²) in [6, 6.07) is 13.0. The Kier molecular flexibility index (Phi) is 18.1. The van der Waals surface area contributed by atoms with Crippen molar-refractivity contribution in [3.05, 3.63) is 65.4 Å². The van der Waals surface area contributed by atoms with Crippen LogP contribution in [0.2, 0.25) is 0 Å². The van der Waals surface area contributed by atoms with Crippen LogP contribution < -0.4 is 10.6 Å². The lowest BCUT2D eigenvalue weighted by atomic mass is 9.90. The first kappa shape index (κ1) is 35.7. The van der Waals surface area contributed by atoms with Gasteiger partial charge >= 0.3 is 0 Å². The average molecular weight is 540 g/mol. The minimum absolute atomic E-state index is 0.0815. The highest BCUT2D eigenvalue weighted by atomic mass is 16.3. The molecule has 0 saturated carbocycles. The Bertz CT molecular complexity index is 1050. The molecular weight excluding hydrogens is 490 g/mol. The van der Waals surface area contributed by atoms with Gasteiger partial charge in [0, 0.05) is 32.2 Å². The number of aliphatic imine (C=N–C) groups is 1. The van der Waals surface area contributed by atoms with E-state index in [1.807, 2.05) is 33.6 Å². The SMILES string of the molecule is C=C(C)O.C=O.CCN.CCN=C(CC1CCN(c2ccc(-c3ccc(CO)c(C)c3)c(C)c2)CC1)C(C)=O. The number of benzene rings is 2. The van der Waals surface area contributed by atoms with Gasteiger partial charge in [-0.1, -0.05) is 37.8 Å². The Morgan fingerprint density at radius 1 is 1.05 bits per heavy atom. The molecule has 0 spiro atoms. The number of hydrogen-bond acceptors (Lipinski definition) is 7. The Morgan fingerprint density at radius 3 is 2.05 bits per heavy atom. The largest absolute Gasteiger partial charge is 0.513 e. The molecule has 0 unspecified atom stereocenters. The van der Waals surface area contributed by atoms with Crippen LogP contribution in [-0.2, 0) is 16.2 Å². The lowest BCUT2D eigenvalue weighted by molar-refractivity contribution is -0.111. The van der Waals surface area contributed by atoms with E-state index in [2.05, 4.69) is 53.7 Å². The summed E-state index contributed by atoms with van der Waals surface area (Å²) in [5.74, 6) is 0.830. The predicted molar refractivity (Wildman–Crippen MR) is 165 cm³/mol. The third-order valence-corrected chi connectivity index (χ3v) is 6.25. The van der Waals surface area contributed by atoms with Crippen LogP contribution in [0.15, 0.2) is 53.7 Å². The van der Waals surface area contributed by atoms with Gasteiger partial charge in [-0.25, -0.2) is 0 Å². The number of nitrogens with two attached hydrogens (primary N) is 1. The third kappa shape index (κ3) is 12.9. The Hall–Kier alpha value is -3.29. The number of allylic oxidation sites excluding steroid dienone is 1. The second-order valence-corrected chi connectivity index (χ2v) is 9.55. The number of rotatable bonds is 7. The molecule has 0 amide bonds. The minimum Gasteiger partial charge on any atom is -0.513 e. The number of Topliss-reactive ketones (excluding diaryl/α,β-unsaturated/α-hetero) is 1. The topological polar surface area (TPSA) is 116 Å². The summed E-state index contributed by atoms with van der Waals surface area (Å²) in [7, 11) is 0. The van der Waals surface area contributed by atoms with E-state index in [9.17, 15) is 9.90 Å². The van der Waals surface area contributed by atoms with Crippen LogP contribution in [-0.4, -0.2) is 54.7 Å². The van der Waals surface area contributed by atoms with E-state index < -0.39 is 0 Å². The maximum Gasteiger partial charge on any atom is 0.173 e. The van der Waals surface area contributed by atoms with Crippen LogP contribution in [0.1, 0.15) is 63.6 Å². The van der Waals surface area contributed by atoms with Crippen molar-refractivity contribution in [3.8, 4) is 11.1 Å². The molecule has 1 fully saturated rings. The van der Waals surface area contributed by atoms with Crippen molar-refractivity contribution in [2.45, 2.75) is 67.4 Å². The lowest BCUT2D eigenvalue weighted by Gasteiger charge is -2.34. The second kappa shape index (κ2) is 19.7. The molecule has 7 nitrogen and oxygen atoms in total. The molecular formula is C32H49N3O4. The monoisotopic (exact) mass is 539 g/mol. The van der Waals surface area contributed by atoms with E-state index in [4.69, 9.17) is 15.6 Å². The van der Waals surface area contributed by atoms with Crippen molar-refractivity contribution in [2.75, 3.05) is 31.1 Å². The van der Waals surface area contributed by atoms with Crippen LogP contribution in [0, 0.1) is 19.8 Å². The highest BCUT2D eigenvalue weighted by Gasteiger charge is 2.22. The summed E-state index contributed by atoms with van der Waals surface area (Å²) >= 11 is 0. The number of aliphatic hydroxyl groups excluding tert-OH is 2. The maximum absolute atomic E-state index is 11.8. The standard InChI is InChI=1S/C26H34N2O2.C3H6O.C2H7N.CH2O/c1-5-27-26(20(4)30)16-21-10-12-28(13-11-21)24-8-9-25(19(3)15-24)22-6-7-23(17-29)18(2)14-22;1-3(2)4;1-2-3;1-2/h6-9,14-15,21,29H,5,10-13,16-17H2,1-4H3;4H,1H2,2H3;2-3H2,1H3;1H2. The summed E-state index contributed by atoms with van der Waals surface area (Å²) in [4.78, 5) is 26.6. The van der Waals surface area contributed by atoms with Gasteiger partial charge in [0.15, 0.2) is 5.78 Å². The van der Waals surface area contributed by atoms with Gasteiger partial charge in [0.05, 0.1) is 18.1 Å². The Balaban J connectivity index is 0.00000142. The summed E-state index contributed by atoms with van der Waals surface area (Å²) in [5.41, 5.74) is 12.7. The lowest BCUT2D eigenvalue weighted by Crippen LogP contribution is -2.34. The van der Waals surface area contributed by atoms with Crippen LogP contribution in [0.5, 0.6) is 0 Å². The van der Waals surface area contributed by atoms with Gasteiger partial charge in [-0.3, -0.25) is 9.79 Å². The number of hydrogen-bond donors (Lipinski definition) is 3. The van der Waals surface area contributed by atoms with Crippen LogP contribution in [0.4, 0.5) is 5.69 Å². The molecule has 7 heteroatoms. The minimum atomic E-state index is 0.0815. The average Bonchev–Trinajstić information content (AvgIpc) is 2.90. The fourth-order valence-corrected chi connectivity index (χ4v) is 4.39. The van der Waals surface area contributed by atoms with Crippen molar-refractivity contribution in [1.29, 1.82) is 0 Å². The maximum atomic E-state index is 11.8. The number of nitrogens with zero attached hydrogens (tertiary/aromatic N) is 2. The Labute approximate surface area is 235 Å². The highest BCUT2D eigenvalue weighted by Crippen LogP contribution is 2.31. The fourth-order valence-electron chi connectivity index (χ4n) is 4.39. The van der Waals surface area contributed by atoms with E-state index in [1.165, 1.54) is 29.3 Å². The number of carbonyl (C=O) groups is 2. The number of aliphatic hydroxyl groups is 2. The second-order valence-electron chi connectivity index (χ2n) is 9.55. The highest BCUT2D eigenvalue weighted by molar-refractivity contribution is 6.39. The van der Waals surface area contributed by atoms with E-state index >= 15 is 0 Å². The van der Waals surface area contributed by atoms with Crippen LogP contribution >= 0.6 is 0 Å². The molecule has 216 valence electrons. The summed E-state index contributed by atoms with van der Waals surface area (Å²) in [5, 5.41) is 17.3. The van der Waals surface area contributed by atoms with E-state index in [1.54, 1.807) is 6.92 Å². The molecule has 0 atom stereocenters. The molecule has 39 heavy (non-hydrogen) atoms. The summed E-state index contributed by atoms with van der Waals surface area (Å²) < 4.78 is 0. The van der Waals surface area contributed by atoms with Crippen molar-refractivity contribution < 1.29 is 19.8 Å². The van der Waals surface area contributed by atoms with Gasteiger partial charge in [0.25, 0.3) is 0 Å². The van der Waals surface area contributed by atoms with Gasteiger partial charge < -0.3 is 25.6 Å². The molecule has 0 aliphatic carbocycles. The van der Waals surface area contributed by atoms with Crippen molar-refractivity contribution in [1.82, 2.24) is 0 Å². The molecule has 4 N–H and O–H groups in total. The molecule has 1 aliphatic rings. The van der Waals surface area contributed by atoms with E-state index in [-0.39, 0.29) is 18.1 Å². The molecule has 2 aromatic rings. The normalized spacial score (nSPS) is 13.1. The zero-order chi connectivity index (χ0) is 30.0. The van der Waals surface area contributed by atoms with Gasteiger partial charge in [0.1, 0.15) is 6.79 Å². The number of carbonyl (C=O) groups excluding carboxylic acids is 2. The third-order valence-electron chi connectivity index (χ3n) is 6.25. The molecule has 2 aromatic carbocycles. The van der Waals surface area contributed by atoms with Gasteiger partial charge in [-0.15, -0.1) is 0 Å². The van der Waals surface area contributed by atoms with Crippen molar-refractivity contribution in [2.24, 2.45) is 16.6 Å². The molecule has 1 heterocycles. The van der Waals surface area contributed by atoms with Gasteiger partial charge in [-0.2, -0.15) is 0 Å².